The average molecular weight is 306 g/mol. The molecule has 1 aliphatic heterocycles. The molecule has 1 unspecified atom stereocenters. The number of aromatic carboxylic acids is 1. The van der Waals surface area contributed by atoms with E-state index in [2.05, 4.69) is 29.3 Å². The van der Waals surface area contributed by atoms with Gasteiger partial charge in [-0.05, 0) is 37.5 Å². The molecular formula is C15H22N4O3. The molecule has 1 atom stereocenters. The minimum Gasteiger partial charge on any atom is -0.476 e. The molecule has 0 radical (unpaired) electrons. The number of nitrogens with one attached hydrogen (secondary N) is 1. The number of aromatic amines is 1. The van der Waals surface area contributed by atoms with Gasteiger partial charge in [0.15, 0.2) is 5.69 Å². The van der Waals surface area contributed by atoms with Gasteiger partial charge >= 0.3 is 5.97 Å². The van der Waals surface area contributed by atoms with E-state index in [1.807, 2.05) is 4.90 Å². The third kappa shape index (κ3) is 2.48. The first-order valence-corrected chi connectivity index (χ1v) is 7.93. The summed E-state index contributed by atoms with van der Waals surface area (Å²) in [5.41, 5.74) is 0.316. The molecule has 7 nitrogen and oxygen atoms in total. The van der Waals surface area contributed by atoms with Crippen LogP contribution in [0.25, 0.3) is 0 Å². The Hall–Kier alpha value is -1.92. The zero-order valence-electron chi connectivity index (χ0n) is 13.0. The summed E-state index contributed by atoms with van der Waals surface area (Å²) in [6.07, 6.45) is 3.52. The van der Waals surface area contributed by atoms with Crippen LogP contribution in [-0.2, 0) is 4.79 Å². The Balaban J connectivity index is 1.72. The second-order valence-electron chi connectivity index (χ2n) is 6.72. The molecule has 1 aliphatic carbocycles. The summed E-state index contributed by atoms with van der Waals surface area (Å²) < 4.78 is 0. The monoisotopic (exact) mass is 306 g/mol. The van der Waals surface area contributed by atoms with E-state index in [0.29, 0.717) is 24.1 Å². The Kier molecular flexibility index (Phi) is 3.88. The molecule has 1 saturated heterocycles. The molecule has 2 N–H and O–H groups in total. The van der Waals surface area contributed by atoms with Crippen LogP contribution < -0.4 is 0 Å². The lowest BCUT2D eigenvalue weighted by Crippen LogP contribution is -2.43. The summed E-state index contributed by atoms with van der Waals surface area (Å²) in [6.45, 7) is 5.06. The van der Waals surface area contributed by atoms with Crippen molar-refractivity contribution >= 4 is 11.9 Å². The zero-order chi connectivity index (χ0) is 15.9. The summed E-state index contributed by atoms with van der Waals surface area (Å²) in [4.78, 5) is 25.7. The van der Waals surface area contributed by atoms with Crippen molar-refractivity contribution in [1.29, 1.82) is 0 Å². The van der Waals surface area contributed by atoms with Crippen LogP contribution in [0.4, 0.5) is 0 Å². The van der Waals surface area contributed by atoms with E-state index in [1.54, 1.807) is 0 Å². The third-order valence-corrected chi connectivity index (χ3v) is 5.10. The van der Waals surface area contributed by atoms with Crippen LogP contribution in [0.5, 0.6) is 0 Å². The highest BCUT2D eigenvalue weighted by Crippen LogP contribution is 2.42. The van der Waals surface area contributed by atoms with Crippen molar-refractivity contribution in [3.63, 3.8) is 0 Å². The number of nitrogens with zero attached hydrogens (tertiary/aromatic N) is 3. The van der Waals surface area contributed by atoms with Crippen molar-refractivity contribution in [2.24, 2.45) is 17.8 Å². The lowest BCUT2D eigenvalue weighted by molar-refractivity contribution is -0.141. The summed E-state index contributed by atoms with van der Waals surface area (Å²) in [5, 5.41) is 19.2. The first-order chi connectivity index (χ1) is 10.5. The topological polar surface area (TPSA) is 99.2 Å². The van der Waals surface area contributed by atoms with Crippen LogP contribution in [0.3, 0.4) is 0 Å². The molecule has 0 spiro atoms. The Bertz CT molecular complexity index is 577. The molecule has 120 valence electrons. The Morgan fingerprint density at radius 2 is 2.05 bits per heavy atom. The van der Waals surface area contributed by atoms with Crippen LogP contribution in [-0.4, -0.2) is 43.8 Å². The molecule has 1 saturated carbocycles. The average Bonchev–Trinajstić information content (AvgIpc) is 3.04. The van der Waals surface area contributed by atoms with Crippen molar-refractivity contribution in [2.45, 2.75) is 45.6 Å². The van der Waals surface area contributed by atoms with E-state index in [4.69, 9.17) is 0 Å². The molecule has 0 aromatic carbocycles. The van der Waals surface area contributed by atoms with Crippen LogP contribution in [0.1, 0.15) is 61.8 Å². The molecule has 0 bridgehead atoms. The van der Waals surface area contributed by atoms with Gasteiger partial charge < -0.3 is 10.0 Å². The molecule has 2 aliphatic rings. The Morgan fingerprint density at radius 1 is 1.32 bits per heavy atom. The van der Waals surface area contributed by atoms with Crippen molar-refractivity contribution in [3.05, 3.63) is 11.4 Å². The number of H-pyrrole nitrogens is 1. The number of carboxylic acid groups (broad SMARTS) is 1. The first-order valence-electron chi connectivity index (χ1n) is 7.93. The lowest BCUT2D eigenvalue weighted by Gasteiger charge is -2.40. The minimum atomic E-state index is -1.11. The smallest absolute Gasteiger partial charge is 0.358 e. The lowest BCUT2D eigenvalue weighted by atomic mass is 9.69. The van der Waals surface area contributed by atoms with Gasteiger partial charge in [-0.1, -0.05) is 13.8 Å². The zero-order valence-corrected chi connectivity index (χ0v) is 13.0. The van der Waals surface area contributed by atoms with Gasteiger partial charge in [0.25, 0.3) is 0 Å². The minimum absolute atomic E-state index is 0.0710. The fourth-order valence-corrected chi connectivity index (χ4v) is 3.59. The second kappa shape index (κ2) is 5.70. The van der Waals surface area contributed by atoms with Crippen molar-refractivity contribution in [1.82, 2.24) is 20.3 Å². The number of likely N-dealkylation sites (tertiary alicyclic amines) is 1. The van der Waals surface area contributed by atoms with Gasteiger partial charge in [0.05, 0.1) is 6.04 Å². The van der Waals surface area contributed by atoms with Crippen molar-refractivity contribution < 1.29 is 14.7 Å². The van der Waals surface area contributed by atoms with E-state index >= 15 is 0 Å². The number of carbonyl (C=O) groups excluding carboxylic acids is 1. The highest BCUT2D eigenvalue weighted by molar-refractivity contribution is 5.87. The van der Waals surface area contributed by atoms with Crippen LogP contribution in [0, 0.1) is 17.8 Å². The molecule has 3 rings (SSSR count). The highest BCUT2D eigenvalue weighted by atomic mass is 16.4. The number of carboxylic acids is 1. The van der Waals surface area contributed by atoms with E-state index in [9.17, 15) is 14.7 Å². The fraction of sp³-hybridized carbons (Fsp3) is 0.733. The van der Waals surface area contributed by atoms with Crippen LogP contribution in [0.15, 0.2) is 0 Å². The Labute approximate surface area is 129 Å². The van der Waals surface area contributed by atoms with Gasteiger partial charge in [-0.25, -0.2) is 4.79 Å². The SMILES string of the molecule is CC(C)C1CC(C(=O)N2CCCC2c2n[nH]nc2C(=O)O)C1. The van der Waals surface area contributed by atoms with E-state index in [0.717, 1.165) is 25.7 Å². The maximum absolute atomic E-state index is 12.7. The third-order valence-electron chi connectivity index (χ3n) is 5.10. The van der Waals surface area contributed by atoms with Crippen LogP contribution in [0.2, 0.25) is 0 Å². The van der Waals surface area contributed by atoms with Gasteiger partial charge in [-0.2, -0.15) is 10.3 Å². The van der Waals surface area contributed by atoms with E-state index in [1.165, 1.54) is 0 Å². The highest BCUT2D eigenvalue weighted by Gasteiger charge is 2.42. The molecule has 1 amide bonds. The normalized spacial score (nSPS) is 28.0. The fourth-order valence-electron chi connectivity index (χ4n) is 3.59. The number of carbonyl (C=O) groups is 2. The molecule has 2 heterocycles. The summed E-state index contributed by atoms with van der Waals surface area (Å²) in [7, 11) is 0. The van der Waals surface area contributed by atoms with Crippen molar-refractivity contribution in [2.75, 3.05) is 6.54 Å². The number of aromatic nitrogens is 3. The van der Waals surface area contributed by atoms with Gasteiger partial charge in [0, 0.05) is 12.5 Å². The van der Waals surface area contributed by atoms with Gasteiger partial charge in [-0.3, -0.25) is 4.79 Å². The maximum atomic E-state index is 12.7. The number of hydrogen-bond acceptors (Lipinski definition) is 4. The largest absolute Gasteiger partial charge is 0.476 e. The van der Waals surface area contributed by atoms with Crippen molar-refractivity contribution in [3.8, 4) is 0 Å². The predicted molar refractivity (Wildman–Crippen MR) is 78.1 cm³/mol. The number of hydrogen-bond donors (Lipinski definition) is 2. The molecule has 7 heteroatoms. The molecule has 22 heavy (non-hydrogen) atoms. The van der Waals surface area contributed by atoms with Gasteiger partial charge in [0.1, 0.15) is 5.69 Å². The quantitative estimate of drug-likeness (QED) is 0.884. The maximum Gasteiger partial charge on any atom is 0.358 e. The summed E-state index contributed by atoms with van der Waals surface area (Å²) in [5.74, 6) is 0.391. The molecule has 1 aromatic rings. The second-order valence-corrected chi connectivity index (χ2v) is 6.72. The van der Waals surface area contributed by atoms with Gasteiger partial charge in [-0.15, -0.1) is 5.10 Å². The molecule has 2 fully saturated rings. The summed E-state index contributed by atoms with van der Waals surface area (Å²) in [6, 6.07) is -0.254. The first kappa shape index (κ1) is 15.0. The summed E-state index contributed by atoms with van der Waals surface area (Å²) >= 11 is 0. The molecule has 1 aromatic heterocycles. The standard InChI is InChI=1S/C15H22N4O3/c1-8(2)9-6-10(7-9)14(20)19-5-3-4-11(19)12-13(15(21)22)17-18-16-12/h8-11H,3-7H2,1-2H3,(H,21,22)(H,16,17,18). The Morgan fingerprint density at radius 3 is 2.68 bits per heavy atom. The van der Waals surface area contributed by atoms with Crippen LogP contribution >= 0.6 is 0 Å². The van der Waals surface area contributed by atoms with E-state index < -0.39 is 5.97 Å². The number of rotatable bonds is 4. The number of amides is 1. The van der Waals surface area contributed by atoms with E-state index in [-0.39, 0.29) is 23.6 Å². The predicted octanol–water partition coefficient (Wildman–Crippen LogP) is 1.85. The molecular weight excluding hydrogens is 284 g/mol. The van der Waals surface area contributed by atoms with Gasteiger partial charge in [0.2, 0.25) is 5.91 Å².